The van der Waals surface area contributed by atoms with E-state index < -0.39 is 63.1 Å². The molecule has 1 rings (SSSR count). The Morgan fingerprint density at radius 1 is 0.585 bits per heavy atom. The third kappa shape index (κ3) is 24.8. The first-order chi connectivity index (χ1) is 25.5. The van der Waals surface area contributed by atoms with Crippen molar-refractivity contribution in [1.29, 1.82) is 0 Å². The standard InChI is InChI=1S/C40H75O12P/c1-3-5-7-9-11-13-15-16-17-18-19-20-22-24-26-28-30-49-31-33(51-34(41)29-27-25-23-21-14-12-10-8-6-4-2)32-50-53(47,48)52-40-38(45)36(43)35(42)37(44)39(40)46/h8,10,16-17,33,35-40,42-46H,3-7,9,11-15,18-32H2,1-2H3,(H,47,48)/b10-8-,17-16-. The molecule has 1 fully saturated rings. The molecule has 0 saturated heterocycles. The predicted molar refractivity (Wildman–Crippen MR) is 207 cm³/mol. The Bertz CT molecular complexity index is 979. The Labute approximate surface area is 320 Å². The summed E-state index contributed by atoms with van der Waals surface area (Å²) in [4.78, 5) is 23.0. The highest BCUT2D eigenvalue weighted by molar-refractivity contribution is 7.47. The van der Waals surface area contributed by atoms with Crippen LogP contribution in [0.1, 0.15) is 162 Å². The number of unbranched alkanes of at least 4 members (excludes halogenated alkanes) is 18. The molecule has 0 spiro atoms. The average Bonchev–Trinajstić information content (AvgIpc) is 3.14. The number of hydrogen-bond donors (Lipinski definition) is 6. The van der Waals surface area contributed by atoms with Crippen molar-refractivity contribution in [2.75, 3.05) is 19.8 Å². The SMILES string of the molecule is CCC/C=C\CCCCCCCC(=O)OC(COCCCCCCCC/C=C\CCCCCCCC)COP(=O)(O)OC1C(O)C(O)C(O)C(O)C1O. The second kappa shape index (κ2) is 32.0. The number of hydrogen-bond acceptors (Lipinski definition) is 11. The van der Waals surface area contributed by atoms with E-state index in [1.807, 2.05) is 0 Å². The van der Waals surface area contributed by atoms with Gasteiger partial charge in [0.15, 0.2) is 0 Å². The first-order valence-corrected chi connectivity index (χ1v) is 22.2. The third-order valence-corrected chi connectivity index (χ3v) is 10.5. The Morgan fingerprint density at radius 3 is 1.57 bits per heavy atom. The molecule has 1 aliphatic carbocycles. The van der Waals surface area contributed by atoms with Crippen molar-refractivity contribution in [2.24, 2.45) is 0 Å². The third-order valence-electron chi connectivity index (χ3n) is 9.53. The lowest BCUT2D eigenvalue weighted by molar-refractivity contribution is -0.220. The quantitative estimate of drug-likeness (QED) is 0.0165. The first kappa shape index (κ1) is 49.8. The van der Waals surface area contributed by atoms with Gasteiger partial charge in [0, 0.05) is 13.0 Å². The Balaban J connectivity index is 2.43. The lowest BCUT2D eigenvalue weighted by Gasteiger charge is -2.41. The minimum absolute atomic E-state index is 0.0827. The van der Waals surface area contributed by atoms with Crippen molar-refractivity contribution in [3.63, 3.8) is 0 Å². The van der Waals surface area contributed by atoms with Gasteiger partial charge in [-0.25, -0.2) is 4.57 Å². The van der Waals surface area contributed by atoms with E-state index in [2.05, 4.69) is 38.2 Å². The molecule has 53 heavy (non-hydrogen) atoms. The molecule has 0 aromatic heterocycles. The minimum atomic E-state index is -5.01. The zero-order chi connectivity index (χ0) is 39.2. The molecule has 0 radical (unpaired) electrons. The molecule has 0 heterocycles. The number of aliphatic hydroxyl groups is 5. The van der Waals surface area contributed by atoms with Crippen molar-refractivity contribution < 1.29 is 58.3 Å². The molecule has 6 N–H and O–H groups in total. The zero-order valence-electron chi connectivity index (χ0n) is 32.8. The molecular formula is C40H75O12P. The molecule has 1 aliphatic rings. The number of carbonyl (C=O) groups excluding carboxylic acids is 1. The van der Waals surface area contributed by atoms with Crippen molar-refractivity contribution in [3.8, 4) is 0 Å². The number of phosphoric ester groups is 1. The Morgan fingerprint density at radius 2 is 1.04 bits per heavy atom. The Kier molecular flexibility index (Phi) is 30.1. The average molecular weight is 779 g/mol. The molecule has 0 bridgehead atoms. The smallest absolute Gasteiger partial charge is 0.457 e. The van der Waals surface area contributed by atoms with Gasteiger partial charge in [-0.3, -0.25) is 13.8 Å². The molecule has 13 heteroatoms. The van der Waals surface area contributed by atoms with Crippen LogP contribution in [-0.4, -0.2) is 98.9 Å². The second-order valence-corrected chi connectivity index (χ2v) is 15.9. The topological polar surface area (TPSA) is 192 Å². The first-order valence-electron chi connectivity index (χ1n) is 20.7. The highest BCUT2D eigenvalue weighted by Crippen LogP contribution is 2.47. The molecule has 1 saturated carbocycles. The Hall–Kier alpha value is -1.18. The van der Waals surface area contributed by atoms with E-state index in [9.17, 15) is 39.8 Å². The van der Waals surface area contributed by atoms with Gasteiger partial charge in [-0.2, -0.15) is 0 Å². The molecule has 6 atom stereocenters. The van der Waals surface area contributed by atoms with Gasteiger partial charge in [-0.1, -0.05) is 122 Å². The van der Waals surface area contributed by atoms with Crippen molar-refractivity contribution in [3.05, 3.63) is 24.3 Å². The number of phosphoric acid groups is 1. The van der Waals surface area contributed by atoms with Gasteiger partial charge in [0.2, 0.25) is 0 Å². The van der Waals surface area contributed by atoms with E-state index in [-0.39, 0.29) is 13.0 Å². The molecular weight excluding hydrogens is 703 g/mol. The molecule has 0 amide bonds. The molecule has 6 unspecified atom stereocenters. The van der Waals surface area contributed by atoms with Crippen LogP contribution < -0.4 is 0 Å². The normalized spacial score (nSPS) is 23.8. The molecule has 312 valence electrons. The van der Waals surface area contributed by atoms with Gasteiger partial charge in [0.1, 0.15) is 42.7 Å². The van der Waals surface area contributed by atoms with Crippen LogP contribution in [0.4, 0.5) is 0 Å². The van der Waals surface area contributed by atoms with Crippen LogP contribution in [0.25, 0.3) is 0 Å². The fourth-order valence-corrected chi connectivity index (χ4v) is 7.15. The molecule has 0 aliphatic heterocycles. The number of aliphatic hydroxyl groups excluding tert-OH is 5. The van der Waals surface area contributed by atoms with Crippen LogP contribution in [0.5, 0.6) is 0 Å². The van der Waals surface area contributed by atoms with E-state index in [4.69, 9.17) is 18.5 Å². The monoisotopic (exact) mass is 778 g/mol. The van der Waals surface area contributed by atoms with E-state index >= 15 is 0 Å². The second-order valence-electron chi connectivity index (χ2n) is 14.5. The fourth-order valence-electron chi connectivity index (χ4n) is 6.17. The van der Waals surface area contributed by atoms with E-state index in [0.29, 0.717) is 13.0 Å². The lowest BCUT2D eigenvalue weighted by Crippen LogP contribution is -2.64. The van der Waals surface area contributed by atoms with E-state index in [0.717, 1.165) is 77.0 Å². The maximum Gasteiger partial charge on any atom is 0.472 e. The number of rotatable bonds is 34. The van der Waals surface area contributed by atoms with Crippen LogP contribution in [0.15, 0.2) is 24.3 Å². The molecule has 0 aromatic rings. The summed E-state index contributed by atoms with van der Waals surface area (Å²) in [7, 11) is -5.01. The van der Waals surface area contributed by atoms with Gasteiger partial charge in [0.25, 0.3) is 0 Å². The largest absolute Gasteiger partial charge is 0.472 e. The fraction of sp³-hybridized carbons (Fsp3) is 0.875. The van der Waals surface area contributed by atoms with Crippen LogP contribution >= 0.6 is 7.82 Å². The van der Waals surface area contributed by atoms with E-state index in [1.165, 1.54) is 57.8 Å². The summed E-state index contributed by atoms with van der Waals surface area (Å²) in [5, 5.41) is 50.0. The maximum atomic E-state index is 12.7. The summed E-state index contributed by atoms with van der Waals surface area (Å²) < 4.78 is 34.0. The van der Waals surface area contributed by atoms with Gasteiger partial charge >= 0.3 is 13.8 Å². The highest BCUT2D eigenvalue weighted by Gasteiger charge is 2.51. The number of allylic oxidation sites excluding steroid dienone is 4. The molecule has 0 aromatic carbocycles. The van der Waals surface area contributed by atoms with Crippen molar-refractivity contribution in [1.82, 2.24) is 0 Å². The highest BCUT2D eigenvalue weighted by atomic mass is 31.2. The lowest BCUT2D eigenvalue weighted by atomic mass is 9.85. The molecule has 12 nitrogen and oxygen atoms in total. The summed E-state index contributed by atoms with van der Waals surface area (Å²) in [5.74, 6) is -0.492. The van der Waals surface area contributed by atoms with Gasteiger partial charge in [-0.15, -0.1) is 0 Å². The number of ether oxygens (including phenoxy) is 2. The van der Waals surface area contributed by atoms with Crippen LogP contribution in [-0.2, 0) is 27.9 Å². The van der Waals surface area contributed by atoms with Gasteiger partial charge in [-0.05, 0) is 57.8 Å². The summed E-state index contributed by atoms with van der Waals surface area (Å²) >= 11 is 0. The minimum Gasteiger partial charge on any atom is -0.457 e. The predicted octanol–water partition coefficient (Wildman–Crippen LogP) is 7.36. The number of carbonyl (C=O) groups is 1. The summed E-state index contributed by atoms with van der Waals surface area (Å²) in [6, 6.07) is 0. The summed E-state index contributed by atoms with van der Waals surface area (Å²) in [6.07, 6.45) is 21.2. The van der Waals surface area contributed by atoms with Gasteiger partial charge in [0.05, 0.1) is 13.2 Å². The summed E-state index contributed by atoms with van der Waals surface area (Å²) in [6.45, 7) is 4.15. The van der Waals surface area contributed by atoms with Crippen LogP contribution in [0.3, 0.4) is 0 Å². The summed E-state index contributed by atoms with van der Waals surface area (Å²) in [5.41, 5.74) is 0. The van der Waals surface area contributed by atoms with Crippen LogP contribution in [0.2, 0.25) is 0 Å². The van der Waals surface area contributed by atoms with E-state index in [1.54, 1.807) is 0 Å². The maximum absolute atomic E-state index is 12.7. The van der Waals surface area contributed by atoms with Crippen LogP contribution in [0, 0.1) is 0 Å². The van der Waals surface area contributed by atoms with Crippen molar-refractivity contribution >= 4 is 13.8 Å². The number of esters is 1. The van der Waals surface area contributed by atoms with Gasteiger partial charge < -0.3 is 39.9 Å². The van der Waals surface area contributed by atoms with Crippen molar-refractivity contribution in [2.45, 2.75) is 204 Å². The zero-order valence-corrected chi connectivity index (χ0v) is 33.7.